The predicted molar refractivity (Wildman–Crippen MR) is 66.3 cm³/mol. The van der Waals surface area contributed by atoms with Crippen LogP contribution in [0.4, 0.5) is 24.5 Å². The van der Waals surface area contributed by atoms with E-state index in [9.17, 15) is 18.0 Å². The molecule has 1 amide bonds. The average Bonchev–Trinajstić information content (AvgIpc) is 2.32. The number of nitrogen functional groups attached to an aromatic ring is 1. The van der Waals surface area contributed by atoms with E-state index in [1.165, 1.54) is 12.1 Å². The second kappa shape index (κ2) is 5.11. The normalized spacial score (nSPS) is 19.1. The topological polar surface area (TPSA) is 55.1 Å². The first-order valence-electron chi connectivity index (χ1n) is 6.11. The Labute approximate surface area is 109 Å². The molecule has 1 saturated carbocycles. The van der Waals surface area contributed by atoms with Crippen molar-refractivity contribution >= 4 is 17.3 Å². The molecule has 0 saturated heterocycles. The number of hydrogen-bond donors (Lipinski definition) is 2. The van der Waals surface area contributed by atoms with Gasteiger partial charge in [-0.1, -0.05) is 0 Å². The maximum absolute atomic E-state index is 13.5. The van der Waals surface area contributed by atoms with E-state index in [4.69, 9.17) is 5.73 Å². The fourth-order valence-electron chi connectivity index (χ4n) is 2.17. The zero-order valence-corrected chi connectivity index (χ0v) is 10.3. The molecule has 104 valence electrons. The first-order valence-corrected chi connectivity index (χ1v) is 6.11. The summed E-state index contributed by atoms with van der Waals surface area (Å²) in [6.45, 7) is 0. The van der Waals surface area contributed by atoms with Crippen LogP contribution in [0.2, 0.25) is 0 Å². The number of anilines is 2. The maximum Gasteiger partial charge on any atom is 0.248 e. The van der Waals surface area contributed by atoms with Crippen molar-refractivity contribution in [1.82, 2.24) is 0 Å². The molecule has 0 aromatic heterocycles. The summed E-state index contributed by atoms with van der Waals surface area (Å²) in [6, 6.07) is 3.93. The molecular formula is C13H15F3N2O. The first kappa shape index (κ1) is 13.7. The Morgan fingerprint density at radius 3 is 2.53 bits per heavy atom. The highest BCUT2D eigenvalue weighted by Crippen LogP contribution is 2.36. The van der Waals surface area contributed by atoms with Crippen LogP contribution in [-0.2, 0) is 4.79 Å². The standard InChI is InChI=1S/C13H15F3N2O/c14-10-7-9(17)1-2-11(10)18-12(19)8-3-5-13(15,16)6-4-8/h1-2,7-8H,3-6,17H2,(H,18,19). The van der Waals surface area contributed by atoms with Crippen LogP contribution in [0.5, 0.6) is 0 Å². The number of hydrogen-bond acceptors (Lipinski definition) is 2. The number of amides is 1. The molecule has 3 N–H and O–H groups in total. The van der Waals surface area contributed by atoms with E-state index >= 15 is 0 Å². The van der Waals surface area contributed by atoms with Gasteiger partial charge in [0.05, 0.1) is 5.69 Å². The lowest BCUT2D eigenvalue weighted by Gasteiger charge is -2.27. The van der Waals surface area contributed by atoms with E-state index in [-0.39, 0.29) is 37.1 Å². The van der Waals surface area contributed by atoms with Crippen LogP contribution in [0.25, 0.3) is 0 Å². The minimum absolute atomic E-state index is 0.0246. The highest BCUT2D eigenvalue weighted by Gasteiger charge is 2.37. The minimum Gasteiger partial charge on any atom is -0.399 e. The lowest BCUT2D eigenvalue weighted by molar-refractivity contribution is -0.124. The van der Waals surface area contributed by atoms with Gasteiger partial charge in [-0.3, -0.25) is 4.79 Å². The summed E-state index contributed by atoms with van der Waals surface area (Å²) in [5.41, 5.74) is 5.68. The Balaban J connectivity index is 1.98. The molecule has 1 aromatic carbocycles. The predicted octanol–water partition coefficient (Wildman–Crippen LogP) is 3.17. The fraction of sp³-hybridized carbons (Fsp3) is 0.462. The number of nitrogens with two attached hydrogens (primary N) is 1. The second-order valence-electron chi connectivity index (χ2n) is 4.86. The second-order valence-corrected chi connectivity index (χ2v) is 4.86. The first-order chi connectivity index (χ1) is 8.87. The van der Waals surface area contributed by atoms with Gasteiger partial charge in [-0.05, 0) is 31.0 Å². The lowest BCUT2D eigenvalue weighted by Crippen LogP contribution is -2.32. The van der Waals surface area contributed by atoms with Gasteiger partial charge in [0.15, 0.2) is 0 Å². The number of rotatable bonds is 2. The molecule has 0 aliphatic heterocycles. The van der Waals surface area contributed by atoms with E-state index < -0.39 is 23.6 Å². The van der Waals surface area contributed by atoms with Crippen molar-refractivity contribution in [3.63, 3.8) is 0 Å². The van der Waals surface area contributed by atoms with Gasteiger partial charge in [0.1, 0.15) is 5.82 Å². The van der Waals surface area contributed by atoms with Crippen molar-refractivity contribution in [1.29, 1.82) is 0 Å². The summed E-state index contributed by atoms with van der Waals surface area (Å²) in [5, 5.41) is 2.42. The monoisotopic (exact) mass is 272 g/mol. The van der Waals surface area contributed by atoms with E-state index in [2.05, 4.69) is 5.32 Å². The average molecular weight is 272 g/mol. The third-order valence-electron chi connectivity index (χ3n) is 3.34. The van der Waals surface area contributed by atoms with Crippen LogP contribution >= 0.6 is 0 Å². The molecule has 1 aliphatic carbocycles. The molecule has 0 bridgehead atoms. The quantitative estimate of drug-likeness (QED) is 0.812. The number of benzene rings is 1. The molecule has 0 radical (unpaired) electrons. The Kier molecular flexibility index (Phi) is 3.68. The molecular weight excluding hydrogens is 257 g/mol. The highest BCUT2D eigenvalue weighted by molar-refractivity contribution is 5.92. The zero-order valence-electron chi connectivity index (χ0n) is 10.3. The summed E-state index contributed by atoms with van der Waals surface area (Å²) < 4.78 is 39.4. The number of carbonyl (C=O) groups is 1. The van der Waals surface area contributed by atoms with Crippen molar-refractivity contribution < 1.29 is 18.0 Å². The number of nitrogens with one attached hydrogen (secondary N) is 1. The zero-order chi connectivity index (χ0) is 14.0. The van der Waals surface area contributed by atoms with Crippen LogP contribution < -0.4 is 11.1 Å². The molecule has 1 aromatic rings. The van der Waals surface area contributed by atoms with E-state index in [1.54, 1.807) is 0 Å². The highest BCUT2D eigenvalue weighted by atomic mass is 19.3. The van der Waals surface area contributed by atoms with Gasteiger partial charge < -0.3 is 11.1 Å². The largest absolute Gasteiger partial charge is 0.399 e. The van der Waals surface area contributed by atoms with E-state index in [0.717, 1.165) is 6.07 Å². The van der Waals surface area contributed by atoms with E-state index in [1.807, 2.05) is 0 Å². The third kappa shape index (κ3) is 3.39. The molecule has 6 heteroatoms. The van der Waals surface area contributed by atoms with Crippen LogP contribution in [0.1, 0.15) is 25.7 Å². The molecule has 0 heterocycles. The molecule has 1 aliphatic rings. The summed E-state index contributed by atoms with van der Waals surface area (Å²) in [4.78, 5) is 11.9. The van der Waals surface area contributed by atoms with Gasteiger partial charge in [-0.25, -0.2) is 13.2 Å². The third-order valence-corrected chi connectivity index (χ3v) is 3.34. The maximum atomic E-state index is 13.5. The smallest absolute Gasteiger partial charge is 0.248 e. The molecule has 0 spiro atoms. The van der Waals surface area contributed by atoms with Crippen LogP contribution in [0, 0.1) is 11.7 Å². The van der Waals surface area contributed by atoms with E-state index in [0.29, 0.717) is 0 Å². The summed E-state index contributed by atoms with van der Waals surface area (Å²) in [5.74, 6) is -4.21. The Bertz CT molecular complexity index is 481. The van der Waals surface area contributed by atoms with Crippen molar-refractivity contribution in [2.75, 3.05) is 11.1 Å². The Morgan fingerprint density at radius 2 is 1.95 bits per heavy atom. The molecule has 0 unspecified atom stereocenters. The van der Waals surface area contributed by atoms with Crippen molar-refractivity contribution in [3.8, 4) is 0 Å². The number of alkyl halides is 2. The summed E-state index contributed by atoms with van der Waals surface area (Å²) in [7, 11) is 0. The van der Waals surface area contributed by atoms with Crippen LogP contribution in [0.15, 0.2) is 18.2 Å². The molecule has 2 rings (SSSR count). The van der Waals surface area contributed by atoms with Gasteiger partial charge in [-0.15, -0.1) is 0 Å². The molecule has 3 nitrogen and oxygen atoms in total. The van der Waals surface area contributed by atoms with Crippen LogP contribution in [-0.4, -0.2) is 11.8 Å². The molecule has 0 atom stereocenters. The van der Waals surface area contributed by atoms with Gasteiger partial charge >= 0.3 is 0 Å². The lowest BCUT2D eigenvalue weighted by atomic mass is 9.86. The number of carbonyl (C=O) groups excluding carboxylic acids is 1. The number of halogens is 3. The molecule has 1 fully saturated rings. The van der Waals surface area contributed by atoms with Gasteiger partial charge in [0.25, 0.3) is 0 Å². The van der Waals surface area contributed by atoms with Crippen molar-refractivity contribution in [2.24, 2.45) is 5.92 Å². The Morgan fingerprint density at radius 1 is 1.32 bits per heavy atom. The summed E-state index contributed by atoms with van der Waals surface area (Å²) >= 11 is 0. The Hall–Kier alpha value is -1.72. The van der Waals surface area contributed by atoms with Crippen LogP contribution in [0.3, 0.4) is 0 Å². The minimum atomic E-state index is -2.68. The van der Waals surface area contributed by atoms with Gasteiger partial charge in [-0.2, -0.15) is 0 Å². The van der Waals surface area contributed by atoms with Crippen molar-refractivity contribution in [2.45, 2.75) is 31.6 Å². The van der Waals surface area contributed by atoms with Crippen molar-refractivity contribution in [3.05, 3.63) is 24.0 Å². The molecule has 19 heavy (non-hydrogen) atoms. The fourth-order valence-corrected chi connectivity index (χ4v) is 2.17. The van der Waals surface area contributed by atoms with Gasteiger partial charge in [0, 0.05) is 24.4 Å². The summed E-state index contributed by atoms with van der Waals surface area (Å²) in [6.07, 6.45) is -0.352. The SMILES string of the molecule is Nc1ccc(NC(=O)C2CCC(F)(F)CC2)c(F)c1. The van der Waals surface area contributed by atoms with Gasteiger partial charge in [0.2, 0.25) is 11.8 Å².